The van der Waals surface area contributed by atoms with Crippen molar-refractivity contribution in [2.24, 2.45) is 0 Å². The minimum Gasteiger partial charge on any atom is -0.312 e. The molecule has 0 spiro atoms. The molecule has 0 amide bonds. The van der Waals surface area contributed by atoms with Crippen LogP contribution in [-0.2, 0) is 0 Å². The summed E-state index contributed by atoms with van der Waals surface area (Å²) in [5.74, 6) is 0.504. The van der Waals surface area contributed by atoms with Crippen LogP contribution in [0.5, 0.6) is 0 Å². The molecule has 136 valence electrons. The van der Waals surface area contributed by atoms with Crippen LogP contribution < -0.4 is 15.8 Å². The lowest BCUT2D eigenvalue weighted by Crippen LogP contribution is -2.54. The molecule has 5 rings (SSSR count). The highest BCUT2D eigenvalue weighted by atomic mass is 15.1. The summed E-state index contributed by atoms with van der Waals surface area (Å²) in [6, 6.07) is 26.4. The van der Waals surface area contributed by atoms with Crippen molar-refractivity contribution >= 4 is 34.7 Å². The van der Waals surface area contributed by atoms with Crippen LogP contribution in [0.15, 0.2) is 96.6 Å². The topological polar surface area (TPSA) is 3.24 Å². The van der Waals surface area contributed by atoms with Gasteiger partial charge in [-0.25, -0.2) is 0 Å². The SMILES string of the molecule is CC1=CC=CC[C@@H]1B1c2ccccc2N(c2ccccc2)c2cccc(C)c21. The molecule has 3 aromatic rings. The largest absolute Gasteiger partial charge is 0.312 e. The fourth-order valence-corrected chi connectivity index (χ4v) is 4.93. The summed E-state index contributed by atoms with van der Waals surface area (Å²) in [5.41, 5.74) is 9.59. The van der Waals surface area contributed by atoms with Crippen molar-refractivity contribution in [3.05, 3.63) is 102 Å². The molecule has 1 atom stereocenters. The molecule has 1 aliphatic heterocycles. The van der Waals surface area contributed by atoms with E-state index in [-0.39, 0.29) is 0 Å². The average Bonchev–Trinajstić information content (AvgIpc) is 2.74. The minimum absolute atomic E-state index is 0.383. The minimum atomic E-state index is 0.383. The number of fused-ring (bicyclic) bond motifs is 2. The van der Waals surface area contributed by atoms with E-state index >= 15 is 0 Å². The number of rotatable bonds is 2. The van der Waals surface area contributed by atoms with Crippen molar-refractivity contribution < 1.29 is 0 Å². The van der Waals surface area contributed by atoms with Crippen LogP contribution in [0.1, 0.15) is 18.9 Å². The van der Waals surface area contributed by atoms with E-state index in [1.807, 2.05) is 0 Å². The zero-order valence-corrected chi connectivity index (χ0v) is 16.5. The van der Waals surface area contributed by atoms with Gasteiger partial charge in [0.05, 0.1) is 0 Å². The number of benzene rings is 3. The summed E-state index contributed by atoms with van der Waals surface area (Å²) in [6.07, 6.45) is 7.91. The smallest absolute Gasteiger partial charge is 0.222 e. The summed E-state index contributed by atoms with van der Waals surface area (Å²) in [7, 11) is 0. The number of para-hydroxylation sites is 2. The quantitative estimate of drug-likeness (QED) is 0.532. The third-order valence-electron chi connectivity index (χ3n) is 6.25. The monoisotopic (exact) mass is 361 g/mol. The first kappa shape index (κ1) is 17.1. The second-order valence-electron chi connectivity index (χ2n) is 7.90. The maximum absolute atomic E-state index is 2.44. The number of allylic oxidation sites excluding steroid dienone is 4. The van der Waals surface area contributed by atoms with Crippen LogP contribution in [0.2, 0.25) is 5.82 Å². The first-order valence-corrected chi connectivity index (χ1v) is 10.1. The highest BCUT2D eigenvalue weighted by Crippen LogP contribution is 2.40. The number of hydrogen-bond donors (Lipinski definition) is 0. The molecule has 1 heterocycles. The van der Waals surface area contributed by atoms with Crippen molar-refractivity contribution in [2.75, 3.05) is 4.90 Å². The van der Waals surface area contributed by atoms with Crippen molar-refractivity contribution in [2.45, 2.75) is 26.1 Å². The summed E-state index contributed by atoms with van der Waals surface area (Å²) >= 11 is 0. The van der Waals surface area contributed by atoms with Crippen molar-refractivity contribution in [3.63, 3.8) is 0 Å². The summed E-state index contributed by atoms with van der Waals surface area (Å²) in [5, 5.41) is 0. The molecule has 0 unspecified atom stereocenters. The molecule has 2 aliphatic rings. The van der Waals surface area contributed by atoms with Gasteiger partial charge in [0.2, 0.25) is 6.71 Å². The maximum atomic E-state index is 2.44. The molecule has 3 aromatic carbocycles. The fourth-order valence-electron chi connectivity index (χ4n) is 4.93. The Kier molecular flexibility index (Phi) is 4.20. The van der Waals surface area contributed by atoms with Gasteiger partial charge in [0.1, 0.15) is 0 Å². The van der Waals surface area contributed by atoms with E-state index in [0.717, 1.165) is 6.42 Å². The van der Waals surface area contributed by atoms with Gasteiger partial charge in [-0.1, -0.05) is 77.9 Å². The Morgan fingerprint density at radius 3 is 2.39 bits per heavy atom. The predicted octanol–water partition coefficient (Wildman–Crippen LogP) is 5.66. The van der Waals surface area contributed by atoms with Gasteiger partial charge < -0.3 is 4.90 Å². The van der Waals surface area contributed by atoms with E-state index < -0.39 is 0 Å². The van der Waals surface area contributed by atoms with Crippen molar-refractivity contribution in [1.82, 2.24) is 0 Å². The van der Waals surface area contributed by atoms with E-state index in [1.165, 1.54) is 39.1 Å². The van der Waals surface area contributed by atoms with Gasteiger partial charge in [0.25, 0.3) is 0 Å². The molecular formula is C26H24BN. The number of hydrogen-bond acceptors (Lipinski definition) is 1. The standard InChI is InChI=1S/C26H24BN/c1-19-11-6-7-15-22(19)27-23-16-8-9-17-24(23)28(21-13-4-3-5-14-21)25-18-10-12-20(2)26(25)27/h3-14,16-18,22H,15H2,1-2H3/t22-/m0/s1. The Morgan fingerprint density at radius 2 is 1.57 bits per heavy atom. The lowest BCUT2D eigenvalue weighted by molar-refractivity contribution is 0.937. The van der Waals surface area contributed by atoms with E-state index in [9.17, 15) is 0 Å². The van der Waals surface area contributed by atoms with Crippen LogP contribution in [0, 0.1) is 6.92 Å². The fraction of sp³-hybridized carbons (Fsp3) is 0.154. The molecule has 0 saturated heterocycles. The first-order chi connectivity index (χ1) is 13.8. The van der Waals surface area contributed by atoms with Crippen LogP contribution in [-0.4, -0.2) is 6.71 Å². The van der Waals surface area contributed by atoms with Crippen LogP contribution in [0.3, 0.4) is 0 Å². The third kappa shape index (κ3) is 2.64. The molecule has 1 nitrogen and oxygen atoms in total. The summed E-state index contributed by atoms with van der Waals surface area (Å²) < 4.78 is 0. The van der Waals surface area contributed by atoms with Gasteiger partial charge in [0.15, 0.2) is 0 Å². The lowest BCUT2D eigenvalue weighted by atomic mass is 9.29. The number of nitrogens with zero attached hydrogens (tertiary/aromatic N) is 1. The lowest BCUT2D eigenvalue weighted by Gasteiger charge is -2.40. The molecule has 2 heteroatoms. The zero-order chi connectivity index (χ0) is 19.1. The van der Waals surface area contributed by atoms with Gasteiger partial charge in [-0.05, 0) is 61.3 Å². The van der Waals surface area contributed by atoms with Gasteiger partial charge in [0, 0.05) is 17.1 Å². The maximum Gasteiger partial charge on any atom is 0.222 e. The van der Waals surface area contributed by atoms with E-state index in [1.54, 1.807) is 0 Å². The Hall–Kier alpha value is -3.00. The average molecular weight is 361 g/mol. The van der Waals surface area contributed by atoms with Crippen LogP contribution >= 0.6 is 0 Å². The van der Waals surface area contributed by atoms with Crippen LogP contribution in [0.4, 0.5) is 17.1 Å². The van der Waals surface area contributed by atoms with Crippen molar-refractivity contribution in [3.8, 4) is 0 Å². The molecule has 0 fully saturated rings. The summed E-state index contributed by atoms with van der Waals surface area (Å²) in [6.45, 7) is 4.94. The zero-order valence-electron chi connectivity index (χ0n) is 16.5. The molecule has 28 heavy (non-hydrogen) atoms. The molecule has 0 radical (unpaired) electrons. The highest BCUT2D eigenvalue weighted by molar-refractivity contribution is 6.90. The van der Waals surface area contributed by atoms with E-state index in [0.29, 0.717) is 12.5 Å². The van der Waals surface area contributed by atoms with E-state index in [4.69, 9.17) is 0 Å². The number of aryl methyl sites for hydroxylation is 1. The van der Waals surface area contributed by atoms with Gasteiger partial charge >= 0.3 is 0 Å². The Bertz CT molecular complexity index is 1080. The molecule has 1 aliphatic carbocycles. The highest BCUT2D eigenvalue weighted by Gasteiger charge is 2.40. The van der Waals surface area contributed by atoms with Gasteiger partial charge in [-0.3, -0.25) is 0 Å². The Balaban J connectivity index is 1.79. The van der Waals surface area contributed by atoms with Gasteiger partial charge in [-0.15, -0.1) is 0 Å². The first-order valence-electron chi connectivity index (χ1n) is 10.1. The summed E-state index contributed by atoms with van der Waals surface area (Å²) in [4.78, 5) is 2.44. The van der Waals surface area contributed by atoms with E-state index in [2.05, 4.69) is 110 Å². The Labute approximate surface area is 168 Å². The third-order valence-corrected chi connectivity index (χ3v) is 6.25. The molecule has 0 N–H and O–H groups in total. The molecule has 0 bridgehead atoms. The molecule has 0 saturated carbocycles. The van der Waals surface area contributed by atoms with Crippen molar-refractivity contribution in [1.29, 1.82) is 0 Å². The molecule has 0 aromatic heterocycles. The van der Waals surface area contributed by atoms with Crippen LogP contribution in [0.25, 0.3) is 0 Å². The predicted molar refractivity (Wildman–Crippen MR) is 122 cm³/mol. The second kappa shape index (κ2) is 6.87. The van der Waals surface area contributed by atoms with Gasteiger partial charge in [-0.2, -0.15) is 0 Å². The molecular weight excluding hydrogens is 337 g/mol. The number of anilines is 3. The Morgan fingerprint density at radius 1 is 0.821 bits per heavy atom. The second-order valence-corrected chi connectivity index (χ2v) is 7.90. The normalized spacial score (nSPS) is 17.8.